The summed E-state index contributed by atoms with van der Waals surface area (Å²) in [6.07, 6.45) is 0. The number of hydrogen-bond acceptors (Lipinski definition) is 6. The summed E-state index contributed by atoms with van der Waals surface area (Å²) in [5.41, 5.74) is 0. The number of benzene rings is 1. The Labute approximate surface area is 83.0 Å². The Bertz CT molecular complexity index is 612. The minimum absolute atomic E-state index is 0.0544. The predicted molar refractivity (Wildman–Crippen MR) is 48.4 cm³/mol. The van der Waals surface area contributed by atoms with E-state index in [0.717, 1.165) is 0 Å². The summed E-state index contributed by atoms with van der Waals surface area (Å²) in [4.78, 5) is 0. The van der Waals surface area contributed by atoms with Gasteiger partial charge in [-0.1, -0.05) is 39.7 Å². The SMILES string of the molecule is ON=c1c(=NO)c2ccccc2c1=NO. The van der Waals surface area contributed by atoms with Gasteiger partial charge < -0.3 is 15.6 Å². The smallest absolute Gasteiger partial charge is 0.161 e. The summed E-state index contributed by atoms with van der Waals surface area (Å²) in [7, 11) is 0. The molecule has 6 heteroatoms. The van der Waals surface area contributed by atoms with E-state index in [2.05, 4.69) is 15.5 Å². The molecule has 0 bridgehead atoms. The van der Waals surface area contributed by atoms with Gasteiger partial charge in [-0.25, -0.2) is 0 Å². The van der Waals surface area contributed by atoms with Crippen molar-refractivity contribution in [3.05, 3.63) is 40.3 Å². The van der Waals surface area contributed by atoms with Gasteiger partial charge in [0.25, 0.3) is 0 Å². The quantitative estimate of drug-likeness (QED) is 0.402. The minimum Gasteiger partial charge on any atom is -0.410 e. The first-order chi connectivity index (χ1) is 7.33. The van der Waals surface area contributed by atoms with Crippen LogP contribution in [-0.4, -0.2) is 15.6 Å². The zero-order valence-electron chi connectivity index (χ0n) is 7.49. The number of nitrogens with zero attached hydrogens (tertiary/aromatic N) is 3. The maximum absolute atomic E-state index is 8.79. The molecule has 2 rings (SSSR count). The van der Waals surface area contributed by atoms with Crippen molar-refractivity contribution in [2.24, 2.45) is 15.5 Å². The molecule has 6 nitrogen and oxygen atoms in total. The second-order valence-corrected chi connectivity index (χ2v) is 2.89. The third-order valence-corrected chi connectivity index (χ3v) is 2.19. The van der Waals surface area contributed by atoms with Crippen LogP contribution in [-0.2, 0) is 0 Å². The summed E-state index contributed by atoms with van der Waals surface area (Å²) in [6, 6.07) is 6.82. The van der Waals surface area contributed by atoms with E-state index >= 15 is 0 Å². The second kappa shape index (κ2) is 3.41. The molecular weight excluding hydrogens is 198 g/mol. The fraction of sp³-hybridized carbons (Fsp3) is 0. The molecule has 3 N–H and O–H groups in total. The Morgan fingerprint density at radius 1 is 0.667 bits per heavy atom. The van der Waals surface area contributed by atoms with Gasteiger partial charge in [-0.05, 0) is 0 Å². The molecular formula is C9H7N3O3. The lowest BCUT2D eigenvalue weighted by molar-refractivity contribution is 0.280. The average Bonchev–Trinajstić information content (AvgIpc) is 2.61. The minimum atomic E-state index is -0.0544. The lowest BCUT2D eigenvalue weighted by atomic mass is 10.2. The number of fused-ring (bicyclic) bond motifs is 1. The summed E-state index contributed by atoms with van der Waals surface area (Å²) in [5, 5.41) is 36.5. The van der Waals surface area contributed by atoms with E-state index in [-0.39, 0.29) is 16.1 Å². The molecule has 0 aromatic heterocycles. The van der Waals surface area contributed by atoms with E-state index in [1.54, 1.807) is 24.3 Å². The van der Waals surface area contributed by atoms with Gasteiger partial charge in [0, 0.05) is 10.8 Å². The summed E-state index contributed by atoms with van der Waals surface area (Å²) in [5.74, 6) is 0. The van der Waals surface area contributed by atoms with Gasteiger partial charge in [-0.3, -0.25) is 0 Å². The molecule has 0 aliphatic heterocycles. The van der Waals surface area contributed by atoms with Crippen molar-refractivity contribution in [2.75, 3.05) is 0 Å². The largest absolute Gasteiger partial charge is 0.410 e. The molecule has 15 heavy (non-hydrogen) atoms. The summed E-state index contributed by atoms with van der Waals surface area (Å²) >= 11 is 0. The first-order valence-corrected chi connectivity index (χ1v) is 4.10. The predicted octanol–water partition coefficient (Wildman–Crippen LogP) is -0.415. The molecule has 76 valence electrons. The van der Waals surface area contributed by atoms with Crippen molar-refractivity contribution in [2.45, 2.75) is 0 Å². The van der Waals surface area contributed by atoms with Gasteiger partial charge in [0.2, 0.25) is 0 Å². The zero-order chi connectivity index (χ0) is 10.8. The fourth-order valence-corrected chi connectivity index (χ4v) is 1.56. The van der Waals surface area contributed by atoms with E-state index in [0.29, 0.717) is 10.8 Å². The highest BCUT2D eigenvalue weighted by atomic mass is 16.4. The molecule has 0 spiro atoms. The van der Waals surface area contributed by atoms with Crippen LogP contribution in [0.2, 0.25) is 0 Å². The van der Waals surface area contributed by atoms with Crippen LogP contribution in [0.5, 0.6) is 0 Å². The molecule has 0 unspecified atom stereocenters. The average molecular weight is 205 g/mol. The van der Waals surface area contributed by atoms with Crippen molar-refractivity contribution < 1.29 is 15.6 Å². The van der Waals surface area contributed by atoms with E-state index in [1.807, 2.05) is 0 Å². The maximum Gasteiger partial charge on any atom is 0.161 e. The van der Waals surface area contributed by atoms with Crippen LogP contribution < -0.4 is 16.1 Å². The van der Waals surface area contributed by atoms with Gasteiger partial charge in [0.05, 0.1) is 0 Å². The van der Waals surface area contributed by atoms with Crippen LogP contribution in [0.3, 0.4) is 0 Å². The van der Waals surface area contributed by atoms with Crippen molar-refractivity contribution in [1.82, 2.24) is 0 Å². The Morgan fingerprint density at radius 2 is 1.07 bits per heavy atom. The van der Waals surface area contributed by atoms with E-state index in [9.17, 15) is 0 Å². The van der Waals surface area contributed by atoms with Gasteiger partial charge >= 0.3 is 0 Å². The summed E-state index contributed by atoms with van der Waals surface area (Å²) < 4.78 is 0. The van der Waals surface area contributed by atoms with Crippen molar-refractivity contribution in [3.63, 3.8) is 0 Å². The third-order valence-electron chi connectivity index (χ3n) is 2.19. The Hall–Kier alpha value is -2.37. The highest BCUT2D eigenvalue weighted by Gasteiger charge is 2.07. The normalized spacial score (nSPS) is 13.6. The van der Waals surface area contributed by atoms with Crippen LogP contribution in [0.25, 0.3) is 10.8 Å². The molecule has 0 atom stereocenters. The van der Waals surface area contributed by atoms with Crippen LogP contribution in [0, 0.1) is 0 Å². The van der Waals surface area contributed by atoms with E-state index in [1.165, 1.54) is 0 Å². The van der Waals surface area contributed by atoms with Gasteiger partial charge in [0.1, 0.15) is 10.7 Å². The Balaban J connectivity index is 3.27. The molecule has 0 amide bonds. The highest BCUT2D eigenvalue weighted by Crippen LogP contribution is 2.02. The fourth-order valence-electron chi connectivity index (χ4n) is 1.56. The summed E-state index contributed by atoms with van der Waals surface area (Å²) in [6.45, 7) is 0. The first kappa shape index (κ1) is 9.20. The van der Waals surface area contributed by atoms with Crippen molar-refractivity contribution in [3.8, 4) is 0 Å². The van der Waals surface area contributed by atoms with Crippen molar-refractivity contribution in [1.29, 1.82) is 0 Å². The standard InChI is InChI=1S/C9H7N3O3/c13-10-7-5-3-1-2-4-6(5)8(11-14)9(7)12-15/h1-4,13-15H. The number of rotatable bonds is 0. The van der Waals surface area contributed by atoms with Gasteiger partial charge in [-0.15, -0.1) is 0 Å². The molecule has 0 saturated carbocycles. The molecule has 0 radical (unpaired) electrons. The maximum atomic E-state index is 8.79. The van der Waals surface area contributed by atoms with Gasteiger partial charge in [-0.2, -0.15) is 0 Å². The Morgan fingerprint density at radius 3 is 1.40 bits per heavy atom. The monoisotopic (exact) mass is 205 g/mol. The van der Waals surface area contributed by atoms with E-state index in [4.69, 9.17) is 15.6 Å². The van der Waals surface area contributed by atoms with E-state index < -0.39 is 0 Å². The zero-order valence-corrected chi connectivity index (χ0v) is 7.49. The van der Waals surface area contributed by atoms with Crippen LogP contribution >= 0.6 is 0 Å². The van der Waals surface area contributed by atoms with Crippen LogP contribution in [0.1, 0.15) is 0 Å². The molecule has 0 aliphatic rings. The van der Waals surface area contributed by atoms with Crippen LogP contribution in [0.15, 0.2) is 39.7 Å². The molecule has 0 aliphatic carbocycles. The molecule has 2 aromatic carbocycles. The molecule has 0 heterocycles. The molecule has 0 fully saturated rings. The number of hydrogen-bond donors (Lipinski definition) is 3. The van der Waals surface area contributed by atoms with Crippen molar-refractivity contribution >= 4 is 10.8 Å². The second-order valence-electron chi connectivity index (χ2n) is 2.89. The third kappa shape index (κ3) is 1.15. The van der Waals surface area contributed by atoms with Gasteiger partial charge in [0.15, 0.2) is 5.36 Å². The molecule has 0 saturated heterocycles. The first-order valence-electron chi connectivity index (χ1n) is 4.10. The molecule has 2 aromatic rings. The van der Waals surface area contributed by atoms with Crippen LogP contribution in [0.4, 0.5) is 0 Å². The highest BCUT2D eigenvalue weighted by molar-refractivity contribution is 5.82. The Kier molecular flexibility index (Phi) is 2.09. The topological polar surface area (TPSA) is 97.8 Å². The lowest BCUT2D eigenvalue weighted by Gasteiger charge is -1.84. The lowest BCUT2D eigenvalue weighted by Crippen LogP contribution is -2.33.